The number of aliphatic hydroxyl groups excluding tert-OH is 1. The summed E-state index contributed by atoms with van der Waals surface area (Å²) in [5, 5.41) is 8.66. The van der Waals surface area contributed by atoms with Crippen molar-refractivity contribution in [3.8, 4) is 0 Å². The van der Waals surface area contributed by atoms with Crippen LogP contribution in [0.15, 0.2) is 29.2 Å². The van der Waals surface area contributed by atoms with Gasteiger partial charge < -0.3 is 5.11 Å². The average molecular weight is 196 g/mol. The third kappa shape index (κ3) is 3.83. The predicted octanol–water partition coefficient (Wildman–Crippen LogP) is 2.72. The number of rotatable bonds is 5. The van der Waals surface area contributed by atoms with Gasteiger partial charge in [-0.15, -0.1) is 11.8 Å². The van der Waals surface area contributed by atoms with E-state index in [-0.39, 0.29) is 6.61 Å². The molecule has 0 fully saturated rings. The van der Waals surface area contributed by atoms with Crippen molar-refractivity contribution in [2.75, 3.05) is 12.4 Å². The zero-order chi connectivity index (χ0) is 9.52. The molecule has 1 aromatic carbocycles. The number of aryl methyl sites for hydroxylation is 1. The number of thioether (sulfide) groups is 1. The summed E-state index contributed by atoms with van der Waals surface area (Å²) >= 11 is 1.86. The molecule has 0 amide bonds. The maximum absolute atomic E-state index is 8.66. The van der Waals surface area contributed by atoms with Crippen LogP contribution >= 0.6 is 11.8 Å². The molecule has 0 aliphatic rings. The Morgan fingerprint density at radius 2 is 1.92 bits per heavy atom. The van der Waals surface area contributed by atoms with Gasteiger partial charge in [0.1, 0.15) is 0 Å². The summed E-state index contributed by atoms with van der Waals surface area (Å²) in [5.41, 5.74) is 1.31. The summed E-state index contributed by atoms with van der Waals surface area (Å²) in [6, 6.07) is 8.60. The van der Waals surface area contributed by atoms with Crippen LogP contribution in [-0.2, 0) is 6.42 Å². The molecule has 0 bridgehead atoms. The third-order valence-electron chi connectivity index (χ3n) is 1.86. The first-order valence-electron chi connectivity index (χ1n) is 4.69. The van der Waals surface area contributed by atoms with Gasteiger partial charge in [0.05, 0.1) is 0 Å². The fraction of sp³-hybridized carbons (Fsp3) is 0.455. The zero-order valence-corrected chi connectivity index (χ0v) is 8.81. The molecule has 0 unspecified atom stereocenters. The topological polar surface area (TPSA) is 20.2 Å². The molecule has 0 aliphatic carbocycles. The van der Waals surface area contributed by atoms with Gasteiger partial charge in [-0.05, 0) is 36.3 Å². The van der Waals surface area contributed by atoms with E-state index in [1.165, 1.54) is 10.5 Å². The Morgan fingerprint density at radius 1 is 1.23 bits per heavy atom. The lowest BCUT2D eigenvalue weighted by Crippen LogP contribution is -1.88. The van der Waals surface area contributed by atoms with Crippen LogP contribution in [0.4, 0.5) is 0 Å². The fourth-order valence-corrected chi connectivity index (χ4v) is 1.86. The van der Waals surface area contributed by atoms with Gasteiger partial charge in [-0.2, -0.15) is 0 Å². The summed E-state index contributed by atoms with van der Waals surface area (Å²) in [5.74, 6) is 1.12. The van der Waals surface area contributed by atoms with Crippen LogP contribution in [0.3, 0.4) is 0 Å². The largest absolute Gasteiger partial charge is 0.396 e. The second-order valence-electron chi connectivity index (χ2n) is 2.90. The summed E-state index contributed by atoms with van der Waals surface area (Å²) in [6.07, 6.45) is 1.84. The summed E-state index contributed by atoms with van der Waals surface area (Å²) in [4.78, 5) is 1.33. The molecule has 13 heavy (non-hydrogen) atoms. The third-order valence-corrected chi connectivity index (χ3v) is 2.75. The minimum Gasteiger partial charge on any atom is -0.396 e. The molecule has 0 spiro atoms. The van der Waals surface area contributed by atoms with E-state index in [2.05, 4.69) is 31.2 Å². The molecule has 1 N–H and O–H groups in total. The Labute approximate surface area is 84.2 Å². The standard InChI is InChI=1S/C11H16OS/c1-2-13-11-7-5-10(6-8-11)4-3-9-12/h5-8,12H,2-4,9H2,1H3. The van der Waals surface area contributed by atoms with Crippen molar-refractivity contribution in [2.45, 2.75) is 24.7 Å². The zero-order valence-electron chi connectivity index (χ0n) is 7.99. The van der Waals surface area contributed by atoms with Gasteiger partial charge >= 0.3 is 0 Å². The highest BCUT2D eigenvalue weighted by atomic mass is 32.2. The Kier molecular flexibility index (Phi) is 4.94. The van der Waals surface area contributed by atoms with Gasteiger partial charge in [0.15, 0.2) is 0 Å². The Hall–Kier alpha value is -0.470. The van der Waals surface area contributed by atoms with Crippen molar-refractivity contribution in [3.63, 3.8) is 0 Å². The van der Waals surface area contributed by atoms with E-state index in [0.717, 1.165) is 18.6 Å². The van der Waals surface area contributed by atoms with E-state index in [1.54, 1.807) is 0 Å². The van der Waals surface area contributed by atoms with Crippen LogP contribution < -0.4 is 0 Å². The smallest absolute Gasteiger partial charge is 0.0434 e. The van der Waals surface area contributed by atoms with Crippen molar-refractivity contribution in [2.24, 2.45) is 0 Å². The lowest BCUT2D eigenvalue weighted by atomic mass is 10.1. The van der Waals surface area contributed by atoms with E-state index in [9.17, 15) is 0 Å². The molecule has 0 heterocycles. The molecule has 1 nitrogen and oxygen atoms in total. The van der Waals surface area contributed by atoms with E-state index >= 15 is 0 Å². The highest BCUT2D eigenvalue weighted by molar-refractivity contribution is 7.99. The van der Waals surface area contributed by atoms with Crippen LogP contribution in [-0.4, -0.2) is 17.5 Å². The van der Waals surface area contributed by atoms with Crippen molar-refractivity contribution >= 4 is 11.8 Å². The Morgan fingerprint density at radius 3 is 2.46 bits per heavy atom. The molecule has 0 aromatic heterocycles. The van der Waals surface area contributed by atoms with E-state index < -0.39 is 0 Å². The minimum atomic E-state index is 0.283. The molecular formula is C11H16OS. The second-order valence-corrected chi connectivity index (χ2v) is 4.24. The molecule has 0 aliphatic heterocycles. The maximum atomic E-state index is 8.66. The van der Waals surface area contributed by atoms with E-state index in [1.807, 2.05) is 11.8 Å². The molecule has 1 aromatic rings. The summed E-state index contributed by atoms with van der Waals surface area (Å²) in [7, 11) is 0. The normalized spacial score (nSPS) is 10.3. The van der Waals surface area contributed by atoms with Crippen LogP contribution in [0, 0.1) is 0 Å². The van der Waals surface area contributed by atoms with Crippen LogP contribution in [0.2, 0.25) is 0 Å². The van der Waals surface area contributed by atoms with Gasteiger partial charge in [-0.1, -0.05) is 19.1 Å². The van der Waals surface area contributed by atoms with Crippen LogP contribution in [0.25, 0.3) is 0 Å². The lowest BCUT2D eigenvalue weighted by molar-refractivity contribution is 0.288. The highest BCUT2D eigenvalue weighted by Gasteiger charge is 1.94. The van der Waals surface area contributed by atoms with Crippen molar-refractivity contribution in [1.29, 1.82) is 0 Å². The molecule has 2 heteroatoms. The van der Waals surface area contributed by atoms with Gasteiger partial charge in [0, 0.05) is 11.5 Å². The number of benzene rings is 1. The molecule has 0 atom stereocenters. The monoisotopic (exact) mass is 196 g/mol. The van der Waals surface area contributed by atoms with Gasteiger partial charge in [0.25, 0.3) is 0 Å². The summed E-state index contributed by atoms with van der Waals surface area (Å²) < 4.78 is 0. The van der Waals surface area contributed by atoms with Gasteiger partial charge in [-0.3, -0.25) is 0 Å². The molecule has 0 saturated carbocycles. The first-order valence-corrected chi connectivity index (χ1v) is 5.68. The maximum Gasteiger partial charge on any atom is 0.0434 e. The fourth-order valence-electron chi connectivity index (χ4n) is 1.20. The van der Waals surface area contributed by atoms with Gasteiger partial charge in [-0.25, -0.2) is 0 Å². The van der Waals surface area contributed by atoms with Crippen molar-refractivity contribution < 1.29 is 5.11 Å². The quantitative estimate of drug-likeness (QED) is 0.731. The summed E-state index contributed by atoms with van der Waals surface area (Å²) in [6.45, 7) is 2.44. The Bertz CT molecular complexity index is 230. The van der Waals surface area contributed by atoms with Crippen LogP contribution in [0.1, 0.15) is 18.9 Å². The molecule has 1 rings (SSSR count). The van der Waals surface area contributed by atoms with Crippen molar-refractivity contribution in [1.82, 2.24) is 0 Å². The average Bonchev–Trinajstić information content (AvgIpc) is 2.17. The van der Waals surface area contributed by atoms with Gasteiger partial charge in [0.2, 0.25) is 0 Å². The van der Waals surface area contributed by atoms with E-state index in [4.69, 9.17) is 5.11 Å². The first kappa shape index (κ1) is 10.6. The number of hydrogen-bond donors (Lipinski definition) is 1. The number of hydrogen-bond acceptors (Lipinski definition) is 2. The second kappa shape index (κ2) is 6.06. The highest BCUT2D eigenvalue weighted by Crippen LogP contribution is 2.18. The van der Waals surface area contributed by atoms with Crippen LogP contribution in [0.5, 0.6) is 0 Å². The molecule has 0 radical (unpaired) electrons. The Balaban J connectivity index is 2.48. The predicted molar refractivity (Wildman–Crippen MR) is 58.2 cm³/mol. The molecule has 0 saturated heterocycles. The molecular weight excluding hydrogens is 180 g/mol. The first-order chi connectivity index (χ1) is 6.36. The molecule has 72 valence electrons. The number of aliphatic hydroxyl groups is 1. The lowest BCUT2D eigenvalue weighted by Gasteiger charge is -2.01. The minimum absolute atomic E-state index is 0.283. The van der Waals surface area contributed by atoms with Crippen molar-refractivity contribution in [3.05, 3.63) is 29.8 Å². The SMILES string of the molecule is CCSc1ccc(CCCO)cc1. The van der Waals surface area contributed by atoms with E-state index in [0.29, 0.717) is 0 Å².